The van der Waals surface area contributed by atoms with E-state index in [4.69, 9.17) is 0 Å². The van der Waals surface area contributed by atoms with Gasteiger partial charge in [0.2, 0.25) is 0 Å². The second kappa shape index (κ2) is 5.89. The van der Waals surface area contributed by atoms with Crippen molar-refractivity contribution in [1.82, 2.24) is 5.32 Å². The monoisotopic (exact) mass is 309 g/mol. The summed E-state index contributed by atoms with van der Waals surface area (Å²) in [6.07, 6.45) is 3.76. The van der Waals surface area contributed by atoms with E-state index in [1.807, 2.05) is 30.4 Å². The van der Waals surface area contributed by atoms with Crippen LogP contribution in [-0.2, 0) is 6.54 Å². The first-order valence-corrected chi connectivity index (χ1v) is 6.84. The Balaban J connectivity index is 2.28. The number of nitrogens with one attached hydrogen (secondary N) is 1. The molecule has 0 unspecified atom stereocenters. The molecule has 1 aromatic carbocycles. The highest BCUT2D eigenvalue weighted by molar-refractivity contribution is 7.82. The Bertz CT molecular complexity index is 618. The van der Waals surface area contributed by atoms with E-state index in [9.17, 15) is 8.78 Å². The number of benzene rings is 1. The number of rotatable bonds is 4. The number of amidine groups is 1. The van der Waals surface area contributed by atoms with Gasteiger partial charge in [0.15, 0.2) is 5.84 Å². The second-order valence-corrected chi connectivity index (χ2v) is 5.30. The van der Waals surface area contributed by atoms with Crippen LogP contribution in [0.25, 0.3) is 6.08 Å². The number of fused-ring (bicyclic) bond motifs is 1. The highest BCUT2D eigenvalue weighted by Gasteiger charge is 2.36. The average Bonchev–Trinajstić information content (AvgIpc) is 2.43. The van der Waals surface area contributed by atoms with Gasteiger partial charge < -0.3 is 10.2 Å². The van der Waals surface area contributed by atoms with Crippen molar-refractivity contribution in [2.45, 2.75) is 11.8 Å². The van der Waals surface area contributed by atoms with Crippen molar-refractivity contribution >= 4 is 30.2 Å². The van der Waals surface area contributed by atoms with Crippen LogP contribution in [0.2, 0.25) is 0 Å². The number of thiol groups is 1. The summed E-state index contributed by atoms with van der Waals surface area (Å²) in [5, 5.41) is -0.317. The largest absolute Gasteiger partial charge is 0.389 e. The third kappa shape index (κ3) is 3.44. The van der Waals surface area contributed by atoms with Gasteiger partial charge in [0.05, 0.1) is 6.54 Å². The lowest BCUT2D eigenvalue weighted by molar-refractivity contribution is 0.184. The summed E-state index contributed by atoms with van der Waals surface area (Å²) in [4.78, 5) is 5.32. The molecule has 1 N–H and O–H groups in total. The third-order valence-corrected chi connectivity index (χ3v) is 3.45. The molecule has 1 heterocycles. The average molecular weight is 309 g/mol. The lowest BCUT2D eigenvalue weighted by Crippen LogP contribution is -2.40. The minimum atomic E-state index is -3.24. The van der Waals surface area contributed by atoms with Crippen molar-refractivity contribution in [2.24, 2.45) is 4.99 Å². The first-order chi connectivity index (χ1) is 9.82. The normalized spacial score (nSPS) is 14.9. The SMILES string of the molecule is C=C(/C=C/c1ccc2c(c1)CN=C(C(F)(F)S)N2C)NC. The number of hydrogen-bond donors (Lipinski definition) is 2. The molecule has 0 fully saturated rings. The molecule has 0 amide bonds. The zero-order valence-corrected chi connectivity index (χ0v) is 12.8. The Morgan fingerprint density at radius 2 is 2.24 bits per heavy atom. The van der Waals surface area contributed by atoms with Crippen LogP contribution < -0.4 is 10.2 Å². The molecule has 0 atom stereocenters. The molecule has 0 saturated carbocycles. The summed E-state index contributed by atoms with van der Waals surface area (Å²) in [5.74, 6) is -0.329. The second-order valence-electron chi connectivity index (χ2n) is 4.74. The summed E-state index contributed by atoms with van der Waals surface area (Å²) in [5.41, 5.74) is 3.38. The van der Waals surface area contributed by atoms with Crippen LogP contribution >= 0.6 is 12.6 Å². The molecule has 1 aromatic rings. The van der Waals surface area contributed by atoms with Crippen LogP contribution in [0.5, 0.6) is 0 Å². The Hall–Kier alpha value is -1.82. The van der Waals surface area contributed by atoms with E-state index in [1.54, 1.807) is 14.1 Å². The molecule has 0 saturated heterocycles. The van der Waals surface area contributed by atoms with Gasteiger partial charge in [-0.15, -0.1) is 0 Å². The van der Waals surface area contributed by atoms with Gasteiger partial charge in [-0.05, 0) is 29.3 Å². The summed E-state index contributed by atoms with van der Waals surface area (Å²) < 4.78 is 26.7. The predicted octanol–water partition coefficient (Wildman–Crippen LogP) is 3.30. The summed E-state index contributed by atoms with van der Waals surface area (Å²) in [6.45, 7) is 4.03. The maximum atomic E-state index is 13.3. The predicted molar refractivity (Wildman–Crippen MR) is 87.2 cm³/mol. The molecular formula is C15H17F2N3S. The first-order valence-electron chi connectivity index (χ1n) is 6.39. The number of nitrogens with zero attached hydrogens (tertiary/aromatic N) is 2. The fourth-order valence-electron chi connectivity index (χ4n) is 2.12. The van der Waals surface area contributed by atoms with E-state index in [1.165, 1.54) is 4.90 Å². The van der Waals surface area contributed by atoms with E-state index < -0.39 is 5.25 Å². The van der Waals surface area contributed by atoms with Crippen LogP contribution in [0, 0.1) is 0 Å². The van der Waals surface area contributed by atoms with Gasteiger partial charge in [0.25, 0.3) is 0 Å². The highest BCUT2D eigenvalue weighted by Crippen LogP contribution is 2.32. The summed E-state index contributed by atoms with van der Waals surface area (Å²) in [7, 11) is 3.36. The molecule has 0 radical (unpaired) electrons. The number of aliphatic imine (C=N–C) groups is 1. The maximum absolute atomic E-state index is 13.3. The van der Waals surface area contributed by atoms with Crippen LogP contribution in [0.3, 0.4) is 0 Å². The number of halogens is 2. The Kier molecular flexibility index (Phi) is 4.37. The van der Waals surface area contributed by atoms with Gasteiger partial charge in [-0.3, -0.25) is 4.99 Å². The Morgan fingerprint density at radius 3 is 2.86 bits per heavy atom. The number of likely N-dealkylation sites (N-methyl/N-ethyl adjacent to an activating group) is 1. The Morgan fingerprint density at radius 1 is 1.52 bits per heavy atom. The lowest BCUT2D eigenvalue weighted by Gasteiger charge is -2.30. The lowest BCUT2D eigenvalue weighted by atomic mass is 10.1. The van der Waals surface area contributed by atoms with Gasteiger partial charge >= 0.3 is 5.25 Å². The molecule has 0 aliphatic carbocycles. The van der Waals surface area contributed by atoms with E-state index in [0.717, 1.165) is 22.5 Å². The third-order valence-electron chi connectivity index (χ3n) is 3.25. The molecule has 1 aliphatic rings. The fourth-order valence-corrected chi connectivity index (χ4v) is 2.34. The van der Waals surface area contributed by atoms with Crippen LogP contribution in [0.15, 0.2) is 41.5 Å². The van der Waals surface area contributed by atoms with E-state index in [0.29, 0.717) is 0 Å². The molecule has 0 aromatic heterocycles. The van der Waals surface area contributed by atoms with Gasteiger partial charge in [0, 0.05) is 25.5 Å². The highest BCUT2D eigenvalue weighted by atomic mass is 32.1. The molecular weight excluding hydrogens is 292 g/mol. The van der Waals surface area contributed by atoms with Gasteiger partial charge in [-0.2, -0.15) is 8.78 Å². The zero-order chi connectivity index (χ0) is 15.6. The van der Waals surface area contributed by atoms with Crippen LogP contribution in [0.1, 0.15) is 11.1 Å². The van der Waals surface area contributed by atoms with Gasteiger partial charge in [-0.25, -0.2) is 0 Å². The van der Waals surface area contributed by atoms with Crippen LogP contribution in [-0.4, -0.2) is 25.2 Å². The molecule has 112 valence electrons. The van der Waals surface area contributed by atoms with Crippen molar-refractivity contribution in [3.05, 3.63) is 47.7 Å². The zero-order valence-electron chi connectivity index (χ0n) is 11.9. The standard InChI is InChI=1S/C15H17F2N3S/c1-10(18-2)4-5-11-6-7-13-12(8-11)9-19-14(20(13)3)15(16,17)21/h4-8,18,21H,1,9H2,2-3H3/b5-4+. The van der Waals surface area contributed by atoms with Crippen molar-refractivity contribution < 1.29 is 8.78 Å². The number of alkyl halides is 2. The van der Waals surface area contributed by atoms with Gasteiger partial charge in [-0.1, -0.05) is 31.4 Å². The molecule has 1 aliphatic heterocycles. The van der Waals surface area contributed by atoms with Gasteiger partial charge in [0.1, 0.15) is 0 Å². The van der Waals surface area contributed by atoms with E-state index in [2.05, 4.69) is 29.5 Å². The minimum absolute atomic E-state index is 0.222. The van der Waals surface area contributed by atoms with Crippen molar-refractivity contribution in [3.63, 3.8) is 0 Å². The molecule has 0 spiro atoms. The summed E-state index contributed by atoms with van der Waals surface area (Å²) in [6, 6.07) is 5.61. The fraction of sp³-hybridized carbons (Fsp3) is 0.267. The maximum Gasteiger partial charge on any atom is 0.347 e. The minimum Gasteiger partial charge on any atom is -0.389 e. The number of hydrogen-bond acceptors (Lipinski definition) is 4. The molecule has 6 heteroatoms. The van der Waals surface area contributed by atoms with E-state index in [-0.39, 0.29) is 12.4 Å². The quantitative estimate of drug-likeness (QED) is 0.660. The van der Waals surface area contributed by atoms with E-state index >= 15 is 0 Å². The number of allylic oxidation sites excluding steroid dienone is 1. The topological polar surface area (TPSA) is 27.6 Å². The molecule has 21 heavy (non-hydrogen) atoms. The van der Waals surface area contributed by atoms with Crippen LogP contribution in [0.4, 0.5) is 14.5 Å². The molecule has 3 nitrogen and oxygen atoms in total. The van der Waals surface area contributed by atoms with Crippen molar-refractivity contribution in [3.8, 4) is 0 Å². The smallest absolute Gasteiger partial charge is 0.347 e. The molecule has 2 rings (SSSR count). The first kappa shape index (κ1) is 15.6. The van der Waals surface area contributed by atoms with Crippen molar-refractivity contribution in [1.29, 1.82) is 0 Å². The summed E-state index contributed by atoms with van der Waals surface area (Å²) >= 11 is 3.30. The van der Waals surface area contributed by atoms with Crippen molar-refractivity contribution in [2.75, 3.05) is 19.0 Å². The Labute approximate surface area is 128 Å². The number of anilines is 1. The molecule has 0 bridgehead atoms.